The number of carbonyl (C=O) groups is 2. The SMILES string of the molecule is CC1=C(Cl)C(=O)C2CCCCC2C1=O. The molecular weight excluding hydrogens is 200 g/mol. The molecule has 2 aliphatic rings. The Morgan fingerprint density at radius 1 is 1.07 bits per heavy atom. The molecule has 2 rings (SSSR count). The summed E-state index contributed by atoms with van der Waals surface area (Å²) in [5.74, 6) is -0.0982. The van der Waals surface area contributed by atoms with Gasteiger partial charge >= 0.3 is 0 Å². The number of allylic oxidation sites excluding steroid dienone is 2. The molecular formula is C11H13ClO2. The fourth-order valence-corrected chi connectivity index (χ4v) is 2.73. The molecule has 2 atom stereocenters. The standard InChI is InChI=1S/C11H13ClO2/c1-6-9(12)11(14)8-5-3-2-4-7(8)10(6)13/h7-8H,2-5H2,1H3. The van der Waals surface area contributed by atoms with E-state index in [-0.39, 0.29) is 28.4 Å². The Morgan fingerprint density at radius 2 is 1.57 bits per heavy atom. The highest BCUT2D eigenvalue weighted by Gasteiger charge is 2.41. The monoisotopic (exact) mass is 212 g/mol. The molecule has 0 aromatic carbocycles. The number of Topliss-reactive ketones (excluding diaryl/α,β-unsaturated/α-hetero) is 2. The van der Waals surface area contributed by atoms with Gasteiger partial charge in [-0.3, -0.25) is 9.59 Å². The number of hydrogen-bond donors (Lipinski definition) is 0. The van der Waals surface area contributed by atoms with Gasteiger partial charge in [0, 0.05) is 17.4 Å². The van der Waals surface area contributed by atoms with Crippen LogP contribution >= 0.6 is 11.6 Å². The molecule has 1 saturated carbocycles. The molecule has 2 nitrogen and oxygen atoms in total. The van der Waals surface area contributed by atoms with Crippen molar-refractivity contribution in [3.05, 3.63) is 10.6 Å². The lowest BCUT2D eigenvalue weighted by atomic mass is 9.70. The average Bonchev–Trinajstić information content (AvgIpc) is 2.23. The molecule has 76 valence electrons. The molecule has 2 unspecified atom stereocenters. The second kappa shape index (κ2) is 3.50. The highest BCUT2D eigenvalue weighted by molar-refractivity contribution is 6.46. The summed E-state index contributed by atoms with van der Waals surface area (Å²) in [7, 11) is 0. The van der Waals surface area contributed by atoms with Crippen LogP contribution in [0, 0.1) is 11.8 Å². The first-order valence-corrected chi connectivity index (χ1v) is 5.45. The van der Waals surface area contributed by atoms with Gasteiger partial charge in [-0.25, -0.2) is 0 Å². The summed E-state index contributed by atoms with van der Waals surface area (Å²) in [4.78, 5) is 23.6. The maximum absolute atomic E-state index is 11.8. The van der Waals surface area contributed by atoms with Crippen molar-refractivity contribution in [3.8, 4) is 0 Å². The number of rotatable bonds is 0. The predicted molar refractivity (Wildman–Crippen MR) is 54.0 cm³/mol. The lowest BCUT2D eigenvalue weighted by Crippen LogP contribution is -2.38. The fraction of sp³-hybridized carbons (Fsp3) is 0.636. The van der Waals surface area contributed by atoms with Crippen molar-refractivity contribution in [2.24, 2.45) is 11.8 Å². The Labute approximate surface area is 88.3 Å². The summed E-state index contributed by atoms with van der Waals surface area (Å²) in [6, 6.07) is 0. The first-order chi connectivity index (χ1) is 6.63. The molecule has 2 aliphatic carbocycles. The fourth-order valence-electron chi connectivity index (χ4n) is 2.49. The zero-order chi connectivity index (χ0) is 10.3. The summed E-state index contributed by atoms with van der Waals surface area (Å²) in [5.41, 5.74) is 0.472. The zero-order valence-electron chi connectivity index (χ0n) is 8.18. The minimum atomic E-state index is -0.118. The Morgan fingerprint density at radius 3 is 2.14 bits per heavy atom. The summed E-state index contributed by atoms with van der Waals surface area (Å²) < 4.78 is 0. The van der Waals surface area contributed by atoms with Crippen molar-refractivity contribution >= 4 is 23.2 Å². The van der Waals surface area contributed by atoms with Gasteiger partial charge in [0.1, 0.15) is 0 Å². The molecule has 0 bridgehead atoms. The van der Waals surface area contributed by atoms with Gasteiger partial charge in [0.25, 0.3) is 0 Å². The molecule has 0 radical (unpaired) electrons. The van der Waals surface area contributed by atoms with Gasteiger partial charge in [-0.2, -0.15) is 0 Å². The van der Waals surface area contributed by atoms with Gasteiger partial charge in [0.15, 0.2) is 11.6 Å². The third-order valence-corrected chi connectivity index (χ3v) is 3.82. The largest absolute Gasteiger partial charge is 0.294 e. The Kier molecular flexibility index (Phi) is 2.48. The minimum Gasteiger partial charge on any atom is -0.294 e. The third-order valence-electron chi connectivity index (χ3n) is 3.35. The lowest BCUT2D eigenvalue weighted by molar-refractivity contribution is -0.131. The molecule has 0 amide bonds. The van der Waals surface area contributed by atoms with Crippen LogP contribution in [0.1, 0.15) is 32.6 Å². The number of ketones is 2. The molecule has 1 fully saturated rings. The molecule has 0 aliphatic heterocycles. The van der Waals surface area contributed by atoms with E-state index in [0.29, 0.717) is 5.57 Å². The van der Waals surface area contributed by atoms with Crippen molar-refractivity contribution in [1.82, 2.24) is 0 Å². The van der Waals surface area contributed by atoms with Gasteiger partial charge in [0.05, 0.1) is 5.03 Å². The third kappa shape index (κ3) is 1.33. The predicted octanol–water partition coefficient (Wildman–Crippen LogP) is 2.46. The van der Waals surface area contributed by atoms with E-state index in [4.69, 9.17) is 11.6 Å². The summed E-state index contributed by atoms with van der Waals surface area (Å²) >= 11 is 5.84. The number of carbonyl (C=O) groups excluding carboxylic acids is 2. The topological polar surface area (TPSA) is 34.1 Å². The summed E-state index contributed by atoms with van der Waals surface area (Å²) in [6.45, 7) is 1.66. The van der Waals surface area contributed by atoms with Crippen LogP contribution in [0.2, 0.25) is 0 Å². The number of hydrogen-bond acceptors (Lipinski definition) is 2. The van der Waals surface area contributed by atoms with Crippen LogP contribution < -0.4 is 0 Å². The van der Waals surface area contributed by atoms with Crippen LogP contribution in [-0.4, -0.2) is 11.6 Å². The highest BCUT2D eigenvalue weighted by Crippen LogP contribution is 2.39. The van der Waals surface area contributed by atoms with Gasteiger partial charge in [-0.15, -0.1) is 0 Å². The highest BCUT2D eigenvalue weighted by atomic mass is 35.5. The van der Waals surface area contributed by atoms with Crippen molar-refractivity contribution in [2.75, 3.05) is 0 Å². The average molecular weight is 213 g/mol. The Balaban J connectivity index is 2.40. The number of halogens is 1. The second-order valence-electron chi connectivity index (χ2n) is 4.16. The molecule has 0 aromatic rings. The smallest absolute Gasteiger partial charge is 0.178 e. The van der Waals surface area contributed by atoms with Crippen LogP contribution in [0.3, 0.4) is 0 Å². The molecule has 14 heavy (non-hydrogen) atoms. The van der Waals surface area contributed by atoms with Gasteiger partial charge in [-0.1, -0.05) is 24.4 Å². The molecule has 0 saturated heterocycles. The van der Waals surface area contributed by atoms with Gasteiger partial charge < -0.3 is 0 Å². The second-order valence-corrected chi connectivity index (χ2v) is 4.54. The van der Waals surface area contributed by atoms with E-state index in [0.717, 1.165) is 25.7 Å². The molecule has 3 heteroatoms. The Hall–Kier alpha value is -0.630. The van der Waals surface area contributed by atoms with E-state index in [2.05, 4.69) is 0 Å². The van der Waals surface area contributed by atoms with E-state index < -0.39 is 0 Å². The van der Waals surface area contributed by atoms with E-state index in [1.54, 1.807) is 6.92 Å². The van der Waals surface area contributed by atoms with Gasteiger partial charge in [0.2, 0.25) is 0 Å². The maximum atomic E-state index is 11.8. The minimum absolute atomic E-state index is 0.00605. The van der Waals surface area contributed by atoms with Crippen molar-refractivity contribution in [2.45, 2.75) is 32.6 Å². The van der Waals surface area contributed by atoms with E-state index in [9.17, 15) is 9.59 Å². The van der Waals surface area contributed by atoms with E-state index >= 15 is 0 Å². The summed E-state index contributed by atoms with van der Waals surface area (Å²) in [6.07, 6.45) is 3.80. The first-order valence-electron chi connectivity index (χ1n) is 5.07. The normalized spacial score (nSPS) is 33.3. The number of fused-ring (bicyclic) bond motifs is 1. The van der Waals surface area contributed by atoms with Crippen molar-refractivity contribution in [3.63, 3.8) is 0 Å². The van der Waals surface area contributed by atoms with Crippen LogP contribution in [0.4, 0.5) is 0 Å². The quantitative estimate of drug-likeness (QED) is 0.618. The first kappa shape index (κ1) is 9.91. The molecule has 0 heterocycles. The van der Waals surface area contributed by atoms with Crippen LogP contribution in [0.15, 0.2) is 10.6 Å². The van der Waals surface area contributed by atoms with E-state index in [1.807, 2.05) is 0 Å². The summed E-state index contributed by atoms with van der Waals surface area (Å²) in [5, 5.41) is 0.179. The maximum Gasteiger partial charge on any atom is 0.178 e. The lowest BCUT2D eigenvalue weighted by Gasteiger charge is -2.33. The van der Waals surface area contributed by atoms with Crippen LogP contribution in [0.25, 0.3) is 0 Å². The van der Waals surface area contributed by atoms with E-state index in [1.165, 1.54) is 0 Å². The van der Waals surface area contributed by atoms with Crippen LogP contribution in [0.5, 0.6) is 0 Å². The molecule has 0 aromatic heterocycles. The zero-order valence-corrected chi connectivity index (χ0v) is 8.93. The molecule has 0 N–H and O–H groups in total. The Bertz CT molecular complexity index is 298. The van der Waals surface area contributed by atoms with Crippen molar-refractivity contribution < 1.29 is 9.59 Å². The van der Waals surface area contributed by atoms with Gasteiger partial charge in [-0.05, 0) is 19.8 Å². The molecule has 0 spiro atoms. The van der Waals surface area contributed by atoms with Crippen LogP contribution in [-0.2, 0) is 9.59 Å². The van der Waals surface area contributed by atoms with Crippen molar-refractivity contribution in [1.29, 1.82) is 0 Å².